The quantitative estimate of drug-likeness (QED) is 0.314. The van der Waals surface area contributed by atoms with E-state index in [4.69, 9.17) is 9.72 Å². The molecule has 3 aromatic heterocycles. The van der Waals surface area contributed by atoms with E-state index < -0.39 is 0 Å². The summed E-state index contributed by atoms with van der Waals surface area (Å²) < 4.78 is 24.1. The molecule has 0 spiro atoms. The number of nitrogens with zero attached hydrogens (tertiary/aromatic N) is 4. The van der Waals surface area contributed by atoms with Crippen LogP contribution in [-0.4, -0.2) is 33.2 Å². The highest BCUT2D eigenvalue weighted by atomic mass is 19.1. The van der Waals surface area contributed by atoms with Crippen LogP contribution < -0.4 is 14.6 Å². The van der Waals surface area contributed by atoms with E-state index in [1.54, 1.807) is 13.3 Å². The molecule has 2 N–H and O–H groups in total. The van der Waals surface area contributed by atoms with E-state index in [1.807, 2.05) is 37.3 Å². The van der Waals surface area contributed by atoms with Gasteiger partial charge in [0.05, 0.1) is 25.6 Å². The van der Waals surface area contributed by atoms with Gasteiger partial charge < -0.3 is 14.6 Å². The monoisotopic (exact) mass is 483 g/mol. The predicted octanol–water partition coefficient (Wildman–Crippen LogP) is 5.15. The summed E-state index contributed by atoms with van der Waals surface area (Å²) in [5.41, 5.74) is 4.77. The Kier molecular flexibility index (Phi) is 5.64. The van der Waals surface area contributed by atoms with Crippen molar-refractivity contribution in [1.29, 1.82) is 0 Å². The lowest BCUT2D eigenvalue weighted by Gasteiger charge is -2.15. The zero-order chi connectivity index (χ0) is 24.6. The van der Waals surface area contributed by atoms with Gasteiger partial charge in [0, 0.05) is 36.3 Å². The van der Waals surface area contributed by atoms with E-state index >= 15 is 0 Å². The van der Waals surface area contributed by atoms with E-state index in [-0.39, 0.29) is 11.9 Å². The first kappa shape index (κ1) is 22.3. The molecule has 0 amide bonds. The number of rotatable bonds is 7. The molecular weight excluding hydrogens is 455 g/mol. The van der Waals surface area contributed by atoms with Crippen LogP contribution in [0, 0.1) is 5.82 Å². The summed E-state index contributed by atoms with van der Waals surface area (Å²) in [7, 11) is 1.71. The fraction of sp³-hybridized carbons (Fsp3) is 0.250. The minimum absolute atomic E-state index is 0.207. The molecule has 0 radical (unpaired) electrons. The number of aromatic amines is 1. The standard InChI is InChI=1S/C28H27FN6O/c1-3-30-28-31-15-13-22(32-28)27-25(18-7-9-20(29)10-8-18)33-24-12-11-21(35(24)27)17-34-16-14-19-5-4-6-23(36-2)26(19)34/h4-10,13-16,21H,3,11-12,17H2,1-2H3,(H,30,31,32)/p+1. The summed E-state index contributed by atoms with van der Waals surface area (Å²) >= 11 is 0. The van der Waals surface area contributed by atoms with Gasteiger partial charge in [-0.3, -0.25) is 0 Å². The molecule has 0 aliphatic carbocycles. The highest BCUT2D eigenvalue weighted by molar-refractivity contribution is 5.86. The van der Waals surface area contributed by atoms with Crippen molar-refractivity contribution in [2.75, 3.05) is 19.0 Å². The maximum Gasteiger partial charge on any atom is 0.255 e. The Labute approximate surface area is 208 Å². The fourth-order valence-electron chi connectivity index (χ4n) is 5.29. The molecule has 0 bridgehead atoms. The average Bonchev–Trinajstić information content (AvgIpc) is 3.59. The second kappa shape index (κ2) is 9.11. The number of nitrogens with one attached hydrogen (secondary N) is 2. The summed E-state index contributed by atoms with van der Waals surface area (Å²) in [6.45, 7) is 3.55. The molecule has 0 fully saturated rings. The van der Waals surface area contributed by atoms with E-state index in [0.29, 0.717) is 5.95 Å². The van der Waals surface area contributed by atoms with Crippen molar-refractivity contribution in [2.45, 2.75) is 32.4 Å². The Bertz CT molecular complexity index is 1540. The first-order chi connectivity index (χ1) is 17.7. The third-order valence-electron chi connectivity index (χ3n) is 6.86. The van der Waals surface area contributed by atoms with Crippen molar-refractivity contribution in [3.63, 3.8) is 0 Å². The second-order valence-corrected chi connectivity index (χ2v) is 9.03. The molecular formula is C28H28FN6O+. The molecule has 0 saturated carbocycles. The molecule has 1 aliphatic heterocycles. The molecule has 6 rings (SSSR count). The molecule has 2 aromatic carbocycles. The smallest absolute Gasteiger partial charge is 0.255 e. The summed E-state index contributed by atoms with van der Waals surface area (Å²) in [5.74, 6) is 2.34. The first-order valence-electron chi connectivity index (χ1n) is 12.3. The number of methoxy groups -OCH3 is 1. The molecule has 36 heavy (non-hydrogen) atoms. The fourth-order valence-corrected chi connectivity index (χ4v) is 5.29. The van der Waals surface area contributed by atoms with Gasteiger partial charge >= 0.3 is 0 Å². The second-order valence-electron chi connectivity index (χ2n) is 9.03. The first-order valence-corrected chi connectivity index (χ1v) is 12.3. The number of hydrogen-bond donors (Lipinski definition) is 2. The molecule has 182 valence electrons. The van der Waals surface area contributed by atoms with Crippen LogP contribution in [-0.2, 0) is 13.0 Å². The Morgan fingerprint density at radius 1 is 1.17 bits per heavy atom. The number of aromatic nitrogens is 5. The SMILES string of the molecule is CCNc1nccc(-c2c(-c3ccc(F)cc3)[nH]c3[n+]2C(Cn2ccc4cccc(OC)c42)CC3)n1. The molecule has 1 unspecified atom stereocenters. The van der Waals surface area contributed by atoms with Crippen molar-refractivity contribution in [2.24, 2.45) is 0 Å². The van der Waals surface area contributed by atoms with Crippen molar-refractivity contribution >= 4 is 16.9 Å². The van der Waals surface area contributed by atoms with Crippen LogP contribution in [0.3, 0.4) is 0 Å². The van der Waals surface area contributed by atoms with Crippen LogP contribution in [0.5, 0.6) is 5.75 Å². The third kappa shape index (κ3) is 3.79. The van der Waals surface area contributed by atoms with E-state index in [1.165, 1.54) is 12.1 Å². The zero-order valence-electron chi connectivity index (χ0n) is 20.3. The lowest BCUT2D eigenvalue weighted by Crippen LogP contribution is -2.40. The van der Waals surface area contributed by atoms with E-state index in [0.717, 1.165) is 71.1 Å². The van der Waals surface area contributed by atoms with Gasteiger partial charge in [0.2, 0.25) is 11.6 Å². The maximum absolute atomic E-state index is 13.7. The average molecular weight is 484 g/mol. The van der Waals surface area contributed by atoms with Crippen LogP contribution in [0.15, 0.2) is 67.0 Å². The Morgan fingerprint density at radius 2 is 2.03 bits per heavy atom. The Balaban J connectivity index is 1.49. The van der Waals surface area contributed by atoms with Crippen LogP contribution in [0.4, 0.5) is 10.3 Å². The van der Waals surface area contributed by atoms with Gasteiger partial charge in [-0.25, -0.2) is 23.9 Å². The van der Waals surface area contributed by atoms with Gasteiger partial charge in [0.1, 0.15) is 23.3 Å². The number of aryl methyl sites for hydroxylation is 1. The number of anilines is 1. The molecule has 5 aromatic rings. The number of benzene rings is 2. The molecule has 1 atom stereocenters. The number of H-pyrrole nitrogens is 1. The van der Waals surface area contributed by atoms with Crippen LogP contribution in [0.2, 0.25) is 0 Å². The lowest BCUT2D eigenvalue weighted by atomic mass is 10.1. The van der Waals surface area contributed by atoms with Crippen LogP contribution in [0.25, 0.3) is 33.5 Å². The highest BCUT2D eigenvalue weighted by Gasteiger charge is 2.38. The minimum Gasteiger partial charge on any atom is -0.495 e. The maximum atomic E-state index is 13.7. The van der Waals surface area contributed by atoms with Crippen LogP contribution >= 0.6 is 0 Å². The number of para-hydroxylation sites is 1. The zero-order valence-corrected chi connectivity index (χ0v) is 20.3. The number of ether oxygens (including phenoxy) is 1. The summed E-state index contributed by atoms with van der Waals surface area (Å²) in [5, 5.41) is 4.37. The summed E-state index contributed by atoms with van der Waals surface area (Å²) in [4.78, 5) is 12.8. The normalized spacial score (nSPS) is 14.8. The molecule has 8 heteroatoms. The molecule has 4 heterocycles. The van der Waals surface area contributed by atoms with Gasteiger partial charge in [-0.2, -0.15) is 0 Å². The minimum atomic E-state index is -0.255. The Morgan fingerprint density at radius 3 is 2.83 bits per heavy atom. The summed E-state index contributed by atoms with van der Waals surface area (Å²) in [6, 6.07) is 17.0. The van der Waals surface area contributed by atoms with Crippen molar-refractivity contribution < 1.29 is 13.7 Å². The van der Waals surface area contributed by atoms with Crippen molar-refractivity contribution in [3.8, 4) is 28.4 Å². The number of halogens is 1. The van der Waals surface area contributed by atoms with Crippen LogP contribution in [0.1, 0.15) is 25.2 Å². The molecule has 0 saturated heterocycles. The largest absolute Gasteiger partial charge is 0.495 e. The predicted molar refractivity (Wildman–Crippen MR) is 137 cm³/mol. The number of imidazole rings is 1. The van der Waals surface area contributed by atoms with Gasteiger partial charge in [-0.15, -0.1) is 0 Å². The lowest BCUT2D eigenvalue weighted by molar-refractivity contribution is -0.706. The molecule has 7 nitrogen and oxygen atoms in total. The molecule has 1 aliphatic rings. The van der Waals surface area contributed by atoms with Gasteiger partial charge in [-0.05, 0) is 49.4 Å². The highest BCUT2D eigenvalue weighted by Crippen LogP contribution is 2.35. The number of hydrogen-bond acceptors (Lipinski definition) is 4. The van der Waals surface area contributed by atoms with Crippen molar-refractivity contribution in [3.05, 3.63) is 78.6 Å². The van der Waals surface area contributed by atoms with Gasteiger partial charge in [0.15, 0.2) is 5.69 Å². The van der Waals surface area contributed by atoms with Gasteiger partial charge in [-0.1, -0.05) is 12.1 Å². The van der Waals surface area contributed by atoms with Crippen molar-refractivity contribution in [1.82, 2.24) is 19.5 Å². The topological polar surface area (TPSA) is 71.6 Å². The Hall–Kier alpha value is -4.20. The third-order valence-corrected chi connectivity index (χ3v) is 6.86. The van der Waals surface area contributed by atoms with E-state index in [2.05, 4.69) is 42.7 Å². The number of fused-ring (bicyclic) bond motifs is 2. The van der Waals surface area contributed by atoms with E-state index in [9.17, 15) is 4.39 Å². The van der Waals surface area contributed by atoms with Gasteiger partial charge in [0.25, 0.3) is 5.82 Å². The summed E-state index contributed by atoms with van der Waals surface area (Å²) in [6.07, 6.45) is 5.83.